The molecule has 0 spiro atoms. The maximum absolute atomic E-state index is 14.0. The molecule has 0 saturated heterocycles. The van der Waals surface area contributed by atoms with E-state index in [2.05, 4.69) is 0 Å². The molecule has 0 aromatic heterocycles. The smallest absolute Gasteiger partial charge is 0.342 e. The Balaban J connectivity index is 3.19. The molecule has 8 heteroatoms. The first kappa shape index (κ1) is 16.8. The maximum Gasteiger partial charge on any atom is 0.342 e. The monoisotopic (exact) mass is 300 g/mol. The van der Waals surface area contributed by atoms with Gasteiger partial charge in [-0.25, -0.2) is 9.18 Å². The van der Waals surface area contributed by atoms with Crippen molar-refractivity contribution in [3.63, 3.8) is 0 Å². The number of hydrogen-bond donors (Lipinski definition) is 1. The van der Waals surface area contributed by atoms with Crippen molar-refractivity contribution in [2.45, 2.75) is 13.8 Å². The van der Waals surface area contributed by atoms with Gasteiger partial charge in [0.15, 0.2) is 5.82 Å². The number of anilines is 1. The minimum absolute atomic E-state index is 0.0141. The molecule has 0 unspecified atom stereocenters. The highest BCUT2D eigenvalue weighted by Gasteiger charge is 2.24. The summed E-state index contributed by atoms with van der Waals surface area (Å²) in [5.74, 6) is -2.30. The number of ether oxygens (including phenoxy) is 1. The van der Waals surface area contributed by atoms with Crippen LogP contribution in [0.2, 0.25) is 0 Å². The summed E-state index contributed by atoms with van der Waals surface area (Å²) in [5, 5.41) is 19.8. The summed E-state index contributed by atoms with van der Waals surface area (Å²) in [7, 11) is 0. The van der Waals surface area contributed by atoms with Gasteiger partial charge in [0.2, 0.25) is 0 Å². The van der Waals surface area contributed by atoms with E-state index in [0.29, 0.717) is 32.4 Å². The number of likely N-dealkylation sites (N-methyl/N-ethyl adjacent to an activating group) is 1. The van der Waals surface area contributed by atoms with Gasteiger partial charge >= 0.3 is 5.97 Å². The average Bonchev–Trinajstić information content (AvgIpc) is 2.43. The molecule has 21 heavy (non-hydrogen) atoms. The first-order valence-corrected chi connectivity index (χ1v) is 6.46. The number of carboxylic acids is 1. The molecule has 0 atom stereocenters. The van der Waals surface area contributed by atoms with Crippen molar-refractivity contribution >= 4 is 17.3 Å². The van der Waals surface area contributed by atoms with Crippen LogP contribution in [0.5, 0.6) is 0 Å². The van der Waals surface area contributed by atoms with Gasteiger partial charge in [-0.3, -0.25) is 10.1 Å². The number of aromatic carboxylic acids is 1. The highest BCUT2D eigenvalue weighted by molar-refractivity contribution is 5.93. The lowest BCUT2D eigenvalue weighted by atomic mass is 10.1. The molecule has 0 aliphatic carbocycles. The Morgan fingerprint density at radius 1 is 1.48 bits per heavy atom. The quantitative estimate of drug-likeness (QED) is 0.450. The molecule has 1 aromatic rings. The van der Waals surface area contributed by atoms with Crippen LogP contribution in [0.4, 0.5) is 15.8 Å². The standard InChI is InChI=1S/C13H17FN2O5/c1-3-15(5-6-21-4-2)12-7-9(13(17)18)11(16(19)20)8-10(12)14/h7-8H,3-6H2,1-2H3,(H,17,18). The summed E-state index contributed by atoms with van der Waals surface area (Å²) in [6.07, 6.45) is 0. The Morgan fingerprint density at radius 2 is 2.14 bits per heavy atom. The van der Waals surface area contributed by atoms with Gasteiger partial charge in [-0.05, 0) is 19.9 Å². The van der Waals surface area contributed by atoms with Gasteiger partial charge in [0.05, 0.1) is 23.3 Å². The topological polar surface area (TPSA) is 92.9 Å². The minimum atomic E-state index is -1.47. The number of nitro benzene ring substituents is 1. The zero-order valence-electron chi connectivity index (χ0n) is 11.8. The van der Waals surface area contributed by atoms with E-state index in [-0.39, 0.29) is 5.69 Å². The number of carboxylic acid groups (broad SMARTS) is 1. The molecule has 7 nitrogen and oxygen atoms in total. The van der Waals surface area contributed by atoms with Crippen LogP contribution in [-0.4, -0.2) is 42.3 Å². The van der Waals surface area contributed by atoms with E-state index in [4.69, 9.17) is 9.84 Å². The van der Waals surface area contributed by atoms with E-state index in [1.54, 1.807) is 11.8 Å². The predicted molar refractivity (Wildman–Crippen MR) is 74.4 cm³/mol. The normalized spacial score (nSPS) is 10.4. The van der Waals surface area contributed by atoms with Crippen molar-refractivity contribution in [2.24, 2.45) is 0 Å². The summed E-state index contributed by atoms with van der Waals surface area (Å²) in [4.78, 5) is 22.5. The van der Waals surface area contributed by atoms with E-state index in [1.807, 2.05) is 6.92 Å². The number of rotatable bonds is 8. The second kappa shape index (κ2) is 7.53. The third kappa shape index (κ3) is 4.12. The second-order valence-electron chi connectivity index (χ2n) is 4.16. The van der Waals surface area contributed by atoms with Crippen LogP contribution < -0.4 is 4.90 Å². The molecule has 1 N–H and O–H groups in total. The fraction of sp³-hybridized carbons (Fsp3) is 0.462. The predicted octanol–water partition coefficient (Wildman–Crippen LogP) is 2.29. The van der Waals surface area contributed by atoms with Crippen molar-refractivity contribution in [2.75, 3.05) is 31.2 Å². The fourth-order valence-electron chi connectivity index (χ4n) is 1.88. The summed E-state index contributed by atoms with van der Waals surface area (Å²) < 4.78 is 19.2. The van der Waals surface area contributed by atoms with Crippen molar-refractivity contribution in [1.82, 2.24) is 0 Å². The number of nitro groups is 1. The van der Waals surface area contributed by atoms with Crippen molar-refractivity contribution in [3.05, 3.63) is 33.6 Å². The number of nitrogens with zero attached hydrogens (tertiary/aromatic N) is 2. The molecular formula is C13H17FN2O5. The van der Waals surface area contributed by atoms with E-state index in [9.17, 15) is 19.3 Å². The zero-order chi connectivity index (χ0) is 16.0. The van der Waals surface area contributed by atoms with Crippen molar-refractivity contribution in [3.8, 4) is 0 Å². The van der Waals surface area contributed by atoms with Gasteiger partial charge in [0.1, 0.15) is 5.56 Å². The lowest BCUT2D eigenvalue weighted by Gasteiger charge is -2.23. The summed E-state index contributed by atoms with van der Waals surface area (Å²) in [5.41, 5.74) is -1.28. The van der Waals surface area contributed by atoms with Gasteiger partial charge in [-0.15, -0.1) is 0 Å². The molecule has 0 saturated carbocycles. The Bertz CT molecular complexity index is 536. The molecule has 0 fully saturated rings. The molecule has 0 heterocycles. The van der Waals surface area contributed by atoms with Crippen LogP contribution in [0.1, 0.15) is 24.2 Å². The van der Waals surface area contributed by atoms with Crippen LogP contribution in [0.25, 0.3) is 0 Å². The second-order valence-corrected chi connectivity index (χ2v) is 4.16. The van der Waals surface area contributed by atoms with Crippen LogP contribution in [-0.2, 0) is 4.74 Å². The van der Waals surface area contributed by atoms with Crippen LogP contribution in [0.15, 0.2) is 12.1 Å². The molecular weight excluding hydrogens is 283 g/mol. The number of hydrogen-bond acceptors (Lipinski definition) is 5. The summed E-state index contributed by atoms with van der Waals surface area (Å²) in [6.45, 7) is 5.24. The highest BCUT2D eigenvalue weighted by atomic mass is 19.1. The average molecular weight is 300 g/mol. The maximum atomic E-state index is 14.0. The number of halogens is 1. The van der Waals surface area contributed by atoms with Crippen molar-refractivity contribution in [1.29, 1.82) is 0 Å². The third-order valence-electron chi connectivity index (χ3n) is 2.92. The van der Waals surface area contributed by atoms with Crippen LogP contribution >= 0.6 is 0 Å². The Hall–Kier alpha value is -2.22. The van der Waals surface area contributed by atoms with E-state index < -0.39 is 28.0 Å². The fourth-order valence-corrected chi connectivity index (χ4v) is 1.88. The SMILES string of the molecule is CCOCCN(CC)c1cc(C(=O)O)c([N+](=O)[O-])cc1F. The molecule has 1 rings (SSSR count). The lowest BCUT2D eigenvalue weighted by Crippen LogP contribution is -2.28. The summed E-state index contributed by atoms with van der Waals surface area (Å²) >= 11 is 0. The Labute approximate surface area is 121 Å². The Morgan fingerprint density at radius 3 is 2.62 bits per heavy atom. The van der Waals surface area contributed by atoms with Crippen LogP contribution in [0.3, 0.4) is 0 Å². The number of carbonyl (C=O) groups is 1. The summed E-state index contributed by atoms with van der Waals surface area (Å²) in [6, 6.07) is 1.63. The minimum Gasteiger partial charge on any atom is -0.477 e. The van der Waals surface area contributed by atoms with Crippen molar-refractivity contribution < 1.29 is 24.0 Å². The number of benzene rings is 1. The highest BCUT2D eigenvalue weighted by Crippen LogP contribution is 2.28. The van der Waals surface area contributed by atoms with Gasteiger partial charge in [-0.1, -0.05) is 0 Å². The molecule has 0 amide bonds. The molecule has 0 radical (unpaired) electrons. The lowest BCUT2D eigenvalue weighted by molar-refractivity contribution is -0.385. The van der Waals surface area contributed by atoms with E-state index >= 15 is 0 Å². The third-order valence-corrected chi connectivity index (χ3v) is 2.92. The van der Waals surface area contributed by atoms with Gasteiger partial charge in [0.25, 0.3) is 5.69 Å². The van der Waals surface area contributed by atoms with E-state index in [1.165, 1.54) is 0 Å². The first-order valence-electron chi connectivity index (χ1n) is 6.46. The van der Waals surface area contributed by atoms with Gasteiger partial charge in [0, 0.05) is 19.7 Å². The molecule has 1 aromatic carbocycles. The van der Waals surface area contributed by atoms with Crippen LogP contribution in [0, 0.1) is 15.9 Å². The van der Waals surface area contributed by atoms with E-state index in [0.717, 1.165) is 6.07 Å². The first-order chi connectivity index (χ1) is 9.92. The molecule has 0 aliphatic heterocycles. The molecule has 0 bridgehead atoms. The molecule has 0 aliphatic rings. The largest absolute Gasteiger partial charge is 0.477 e. The van der Waals surface area contributed by atoms with Gasteiger partial charge in [-0.2, -0.15) is 0 Å². The zero-order valence-corrected chi connectivity index (χ0v) is 11.8. The Kier molecular flexibility index (Phi) is 6.04. The molecule has 116 valence electrons. The van der Waals surface area contributed by atoms with Gasteiger partial charge < -0.3 is 14.7 Å².